The number of pyridine rings is 1. The highest BCUT2D eigenvalue weighted by Gasteiger charge is 2.41. The van der Waals surface area contributed by atoms with Crippen LogP contribution < -0.4 is 9.80 Å². The number of hydrogen-bond acceptors (Lipinski definition) is 5. The Morgan fingerprint density at radius 1 is 1.29 bits per heavy atom. The molecule has 4 heterocycles. The number of hydrogen-bond donors (Lipinski definition) is 1. The van der Waals surface area contributed by atoms with Crippen LogP contribution in [0, 0.1) is 17.6 Å². The number of amides is 1. The number of aromatic amines is 1. The highest BCUT2D eigenvalue weighted by Crippen LogP contribution is 2.45. The third-order valence-electron chi connectivity index (χ3n) is 6.75. The summed E-state index contributed by atoms with van der Waals surface area (Å²) in [5, 5.41) is 0.592. The molecule has 34 heavy (non-hydrogen) atoms. The number of anilines is 2. The van der Waals surface area contributed by atoms with E-state index in [0.29, 0.717) is 22.5 Å². The van der Waals surface area contributed by atoms with Crippen molar-refractivity contribution in [2.45, 2.75) is 38.8 Å². The van der Waals surface area contributed by atoms with Gasteiger partial charge in [0.1, 0.15) is 11.2 Å². The number of halogens is 3. The van der Waals surface area contributed by atoms with Gasteiger partial charge in [-0.3, -0.25) is 4.90 Å². The molecule has 5 rings (SSSR count). The molecule has 3 aromatic rings. The molecule has 182 valence electrons. The summed E-state index contributed by atoms with van der Waals surface area (Å²) < 4.78 is 36.5. The lowest BCUT2D eigenvalue weighted by molar-refractivity contribution is 0.0589. The molecule has 2 aromatic heterocycles. The molecule has 10 heteroatoms. The lowest BCUT2D eigenvalue weighted by Crippen LogP contribution is -2.35. The lowest BCUT2D eigenvalue weighted by atomic mass is 10.0. The predicted octanol–water partition coefficient (Wildman–Crippen LogP) is 5.27. The second-order valence-electron chi connectivity index (χ2n) is 10.3. The van der Waals surface area contributed by atoms with E-state index in [0.717, 1.165) is 42.3 Å². The summed E-state index contributed by atoms with van der Waals surface area (Å²) in [7, 11) is 3.59. The first kappa shape index (κ1) is 23.3. The third-order valence-corrected chi connectivity index (χ3v) is 7.33. The van der Waals surface area contributed by atoms with Crippen molar-refractivity contribution in [3.8, 4) is 0 Å². The number of carbonyl (C=O) groups is 1. The molecule has 0 radical (unpaired) electrons. The lowest BCUT2D eigenvalue weighted by Gasteiger charge is -2.28. The van der Waals surface area contributed by atoms with Gasteiger partial charge in [0.25, 0.3) is 0 Å². The number of nitrogens with one attached hydrogen (secondary N) is 1. The first-order valence-electron chi connectivity index (χ1n) is 11.4. The van der Waals surface area contributed by atoms with Crippen molar-refractivity contribution < 1.29 is 18.3 Å². The second-order valence-corrected chi connectivity index (χ2v) is 11.2. The number of H-pyrrole nitrogens is 1. The molecule has 1 amide bonds. The Balaban J connectivity index is 1.72. The van der Waals surface area contributed by atoms with Crippen LogP contribution in [0.4, 0.5) is 25.0 Å². The molecule has 2 unspecified atom stereocenters. The minimum atomic E-state index is -1.04. The summed E-state index contributed by atoms with van der Waals surface area (Å²) in [5.74, 6) is -1.48. The zero-order valence-electron chi connectivity index (χ0n) is 19.9. The minimum Gasteiger partial charge on any atom is -0.443 e. The SMILES string of the molecule is CN1CC2CCN(c3c(Br)cnc4[nH]c5c(N(C)C(=O)OC(C)(C)C)cc(F)c(F)c5c34)C2C1. The molecule has 0 aliphatic carbocycles. The van der Waals surface area contributed by atoms with E-state index in [1.165, 1.54) is 11.9 Å². The number of rotatable bonds is 2. The van der Waals surface area contributed by atoms with Gasteiger partial charge in [0.05, 0.1) is 32.1 Å². The van der Waals surface area contributed by atoms with Crippen molar-refractivity contribution in [3.05, 3.63) is 28.4 Å². The molecule has 0 bridgehead atoms. The van der Waals surface area contributed by atoms with Crippen LogP contribution in [0.1, 0.15) is 27.2 Å². The average molecular weight is 536 g/mol. The maximum Gasteiger partial charge on any atom is 0.414 e. The quantitative estimate of drug-likeness (QED) is 0.484. The van der Waals surface area contributed by atoms with Gasteiger partial charge < -0.3 is 19.5 Å². The van der Waals surface area contributed by atoms with Gasteiger partial charge in [-0.15, -0.1) is 0 Å². The summed E-state index contributed by atoms with van der Waals surface area (Å²) in [5.41, 5.74) is 0.987. The maximum absolute atomic E-state index is 15.4. The Morgan fingerprint density at radius 2 is 2.03 bits per heavy atom. The topological polar surface area (TPSA) is 64.7 Å². The summed E-state index contributed by atoms with van der Waals surface area (Å²) in [6.45, 7) is 8.01. The highest BCUT2D eigenvalue weighted by molar-refractivity contribution is 9.10. The van der Waals surface area contributed by atoms with Gasteiger partial charge in [-0.25, -0.2) is 18.6 Å². The van der Waals surface area contributed by atoms with Gasteiger partial charge >= 0.3 is 6.09 Å². The fraction of sp³-hybridized carbons (Fsp3) is 0.500. The van der Waals surface area contributed by atoms with Crippen molar-refractivity contribution in [1.82, 2.24) is 14.9 Å². The van der Waals surface area contributed by atoms with E-state index >= 15 is 4.39 Å². The standard InChI is InChI=1S/C24H28BrF2N5O2/c1-24(2,3)34-23(33)31(5)15-8-14(26)19(27)17-18-21(13(25)9-28-22(18)29-20(15)17)32-7-6-12-10-30(4)11-16(12)32/h8-9,12,16H,6-7,10-11H2,1-5H3,(H,28,29). The van der Waals surface area contributed by atoms with E-state index in [2.05, 4.69) is 42.7 Å². The first-order chi connectivity index (χ1) is 16.0. The molecule has 0 saturated carbocycles. The smallest absolute Gasteiger partial charge is 0.414 e. The largest absolute Gasteiger partial charge is 0.443 e. The fourth-order valence-electron chi connectivity index (χ4n) is 5.33. The van der Waals surface area contributed by atoms with E-state index in [9.17, 15) is 9.18 Å². The molecule has 0 spiro atoms. The van der Waals surface area contributed by atoms with Crippen LogP contribution in [0.25, 0.3) is 21.9 Å². The Morgan fingerprint density at radius 3 is 2.74 bits per heavy atom. The van der Waals surface area contributed by atoms with Crippen LogP contribution in [-0.4, -0.2) is 66.3 Å². The molecular formula is C24H28BrF2N5O2. The molecular weight excluding hydrogens is 508 g/mol. The molecule has 2 aliphatic heterocycles. The molecule has 2 saturated heterocycles. The van der Waals surface area contributed by atoms with Gasteiger partial charge in [0.15, 0.2) is 11.6 Å². The van der Waals surface area contributed by atoms with Gasteiger partial charge in [-0.05, 0) is 56.1 Å². The Labute approximate surface area is 205 Å². The van der Waals surface area contributed by atoms with E-state index in [1.807, 2.05) is 0 Å². The first-order valence-corrected chi connectivity index (χ1v) is 12.2. The highest BCUT2D eigenvalue weighted by atomic mass is 79.9. The normalized spacial score (nSPS) is 21.0. The fourth-order valence-corrected chi connectivity index (χ4v) is 5.86. The number of benzene rings is 1. The predicted molar refractivity (Wildman–Crippen MR) is 133 cm³/mol. The molecule has 1 aromatic carbocycles. The summed E-state index contributed by atoms with van der Waals surface area (Å²) in [6, 6.07) is 1.31. The van der Waals surface area contributed by atoms with Crippen LogP contribution in [-0.2, 0) is 4.74 Å². The van der Waals surface area contributed by atoms with Crippen LogP contribution in [0.3, 0.4) is 0 Å². The van der Waals surface area contributed by atoms with E-state index < -0.39 is 23.3 Å². The van der Waals surface area contributed by atoms with Crippen LogP contribution >= 0.6 is 15.9 Å². The monoisotopic (exact) mass is 535 g/mol. The number of likely N-dealkylation sites (N-methyl/N-ethyl adjacent to an activating group) is 1. The summed E-state index contributed by atoms with van der Waals surface area (Å²) in [6.07, 6.45) is 2.06. The van der Waals surface area contributed by atoms with Crippen molar-refractivity contribution in [2.24, 2.45) is 5.92 Å². The van der Waals surface area contributed by atoms with Crippen molar-refractivity contribution in [3.63, 3.8) is 0 Å². The van der Waals surface area contributed by atoms with E-state index in [-0.39, 0.29) is 17.1 Å². The van der Waals surface area contributed by atoms with E-state index in [4.69, 9.17) is 4.74 Å². The number of carbonyl (C=O) groups excluding carboxylic acids is 1. The number of fused-ring (bicyclic) bond motifs is 4. The second kappa shape index (κ2) is 8.05. The minimum absolute atomic E-state index is 0.0824. The molecule has 7 nitrogen and oxygen atoms in total. The van der Waals surface area contributed by atoms with Gasteiger partial charge in [-0.2, -0.15) is 0 Å². The Kier molecular flexibility index (Phi) is 5.51. The molecule has 1 N–H and O–H groups in total. The van der Waals surface area contributed by atoms with Crippen LogP contribution in [0.2, 0.25) is 0 Å². The van der Waals surface area contributed by atoms with E-state index in [1.54, 1.807) is 27.0 Å². The van der Waals surface area contributed by atoms with Crippen molar-refractivity contribution in [2.75, 3.05) is 43.5 Å². The molecule has 2 aliphatic rings. The van der Waals surface area contributed by atoms with Crippen molar-refractivity contribution in [1.29, 1.82) is 0 Å². The molecule has 2 atom stereocenters. The van der Waals surface area contributed by atoms with Crippen molar-refractivity contribution >= 4 is 55.3 Å². The summed E-state index contributed by atoms with van der Waals surface area (Å²) in [4.78, 5) is 26.1. The van der Waals surface area contributed by atoms with Crippen LogP contribution in [0.15, 0.2) is 16.7 Å². The molecule has 2 fully saturated rings. The number of likely N-dealkylation sites (tertiary alicyclic amines) is 1. The zero-order valence-corrected chi connectivity index (χ0v) is 21.5. The van der Waals surface area contributed by atoms with Gasteiger partial charge in [0, 0.05) is 45.0 Å². The zero-order chi connectivity index (χ0) is 24.5. The number of aromatic nitrogens is 2. The maximum atomic E-state index is 15.4. The van der Waals surface area contributed by atoms with Crippen LogP contribution in [0.5, 0.6) is 0 Å². The van der Waals surface area contributed by atoms with Gasteiger partial charge in [0.2, 0.25) is 0 Å². The van der Waals surface area contributed by atoms with Gasteiger partial charge in [-0.1, -0.05) is 0 Å². The summed E-state index contributed by atoms with van der Waals surface area (Å²) >= 11 is 3.62. The average Bonchev–Trinajstić information content (AvgIpc) is 3.41. The Hall–Kier alpha value is -2.46. The number of nitrogens with zero attached hydrogens (tertiary/aromatic N) is 4. The number of ether oxygens (including phenoxy) is 1. The Bertz CT molecular complexity index is 1300. The third kappa shape index (κ3) is 3.71.